The van der Waals surface area contributed by atoms with Crippen LogP contribution in [0.2, 0.25) is 0 Å². The number of hydrogen-bond donors (Lipinski definition) is 1. The summed E-state index contributed by atoms with van der Waals surface area (Å²) < 4.78 is 25.3. The molecule has 0 aromatic carbocycles. The van der Waals surface area contributed by atoms with Crippen LogP contribution in [0.1, 0.15) is 17.3 Å². The molecular weight excluding hydrogens is 354 g/mol. The van der Waals surface area contributed by atoms with Gasteiger partial charge in [0, 0.05) is 63.2 Å². The molecule has 8 nitrogen and oxygen atoms in total. The van der Waals surface area contributed by atoms with Gasteiger partial charge in [-0.3, -0.25) is 19.7 Å². The molecule has 3 rings (SSSR count). The molecule has 0 bridgehead atoms. The van der Waals surface area contributed by atoms with Gasteiger partial charge in [-0.2, -0.15) is 4.31 Å². The maximum atomic E-state index is 12.4. The number of nitrogens with one attached hydrogen (secondary N) is 1. The van der Waals surface area contributed by atoms with Crippen molar-refractivity contribution in [1.29, 1.82) is 0 Å². The molecule has 9 heteroatoms. The molecule has 26 heavy (non-hydrogen) atoms. The zero-order valence-electron chi connectivity index (χ0n) is 14.8. The first-order valence-electron chi connectivity index (χ1n) is 8.68. The van der Waals surface area contributed by atoms with Crippen LogP contribution in [0.15, 0.2) is 30.7 Å². The first-order valence-corrected chi connectivity index (χ1v) is 10.3. The van der Waals surface area contributed by atoms with Crippen LogP contribution in [0.4, 0.5) is 0 Å². The van der Waals surface area contributed by atoms with Crippen molar-refractivity contribution in [3.05, 3.63) is 36.3 Å². The molecule has 0 unspecified atom stereocenters. The van der Waals surface area contributed by atoms with E-state index in [9.17, 15) is 13.2 Å². The molecule has 0 aliphatic carbocycles. The number of piperazine rings is 1. The van der Waals surface area contributed by atoms with Gasteiger partial charge in [-0.1, -0.05) is 0 Å². The lowest BCUT2D eigenvalue weighted by Gasteiger charge is -2.33. The molecule has 0 radical (unpaired) electrons. The van der Waals surface area contributed by atoms with Crippen LogP contribution in [0.3, 0.4) is 0 Å². The molecule has 2 aromatic rings. The molecule has 1 amide bonds. The Kier molecular flexibility index (Phi) is 5.80. The number of nitrogens with zero attached hydrogens (tertiary/aromatic N) is 4. The fourth-order valence-corrected chi connectivity index (χ4v) is 4.09. The van der Waals surface area contributed by atoms with Crippen molar-refractivity contribution in [2.75, 3.05) is 45.0 Å². The summed E-state index contributed by atoms with van der Waals surface area (Å²) in [6.07, 6.45) is 4.87. The highest BCUT2D eigenvalue weighted by atomic mass is 32.2. The maximum absolute atomic E-state index is 12.4. The Morgan fingerprint density at radius 2 is 2.00 bits per heavy atom. The highest BCUT2D eigenvalue weighted by Gasteiger charge is 2.25. The number of pyridine rings is 2. The molecule has 2 aromatic heterocycles. The lowest BCUT2D eigenvalue weighted by molar-refractivity contribution is 0.0946. The molecule has 140 valence electrons. The van der Waals surface area contributed by atoms with Crippen LogP contribution in [-0.4, -0.2) is 78.5 Å². The first-order chi connectivity index (χ1) is 12.5. The van der Waals surface area contributed by atoms with Gasteiger partial charge >= 0.3 is 0 Å². The summed E-state index contributed by atoms with van der Waals surface area (Å²) in [6.45, 7) is 5.18. The van der Waals surface area contributed by atoms with E-state index in [2.05, 4.69) is 20.2 Å². The molecule has 1 saturated heterocycles. The van der Waals surface area contributed by atoms with Crippen LogP contribution in [0.25, 0.3) is 10.9 Å². The molecule has 0 atom stereocenters. The van der Waals surface area contributed by atoms with E-state index in [1.807, 2.05) is 12.1 Å². The van der Waals surface area contributed by atoms with E-state index in [-0.39, 0.29) is 11.7 Å². The second kappa shape index (κ2) is 8.07. The number of carbonyl (C=O) groups excluding carboxylic acids is 1. The van der Waals surface area contributed by atoms with Crippen LogP contribution < -0.4 is 5.32 Å². The third kappa shape index (κ3) is 4.17. The SMILES string of the molecule is CCS(=O)(=O)N1CCN(CCNC(=O)c2cncc3cccnc23)CC1. The van der Waals surface area contributed by atoms with E-state index in [1.165, 1.54) is 10.5 Å². The fourth-order valence-electron chi connectivity index (χ4n) is 3.00. The number of amides is 1. The second-order valence-electron chi connectivity index (χ2n) is 6.16. The molecule has 1 aliphatic rings. The summed E-state index contributed by atoms with van der Waals surface area (Å²) in [6, 6.07) is 3.68. The molecule has 1 N–H and O–H groups in total. The van der Waals surface area contributed by atoms with Crippen molar-refractivity contribution >= 4 is 26.8 Å². The predicted octanol–water partition coefficient (Wildman–Crippen LogP) is 0.327. The average molecular weight is 377 g/mol. The van der Waals surface area contributed by atoms with Gasteiger partial charge in [0.05, 0.1) is 16.8 Å². The molecule has 0 spiro atoms. The summed E-state index contributed by atoms with van der Waals surface area (Å²) in [5.74, 6) is -0.0649. The normalized spacial score (nSPS) is 16.7. The molecule has 1 fully saturated rings. The summed E-state index contributed by atoms with van der Waals surface area (Å²) in [4.78, 5) is 22.9. The van der Waals surface area contributed by atoms with Crippen molar-refractivity contribution in [1.82, 2.24) is 24.5 Å². The number of hydrogen-bond acceptors (Lipinski definition) is 6. The first kappa shape index (κ1) is 18.7. The predicted molar refractivity (Wildman–Crippen MR) is 99.3 cm³/mol. The van der Waals surface area contributed by atoms with Crippen LogP contribution in [0.5, 0.6) is 0 Å². The van der Waals surface area contributed by atoms with Gasteiger partial charge in [-0.05, 0) is 19.1 Å². The minimum atomic E-state index is -3.11. The van der Waals surface area contributed by atoms with Gasteiger partial charge in [0.2, 0.25) is 10.0 Å². The Labute approximate surface area is 153 Å². The monoisotopic (exact) mass is 377 g/mol. The Balaban J connectivity index is 1.50. The zero-order chi connectivity index (χ0) is 18.6. The van der Waals surface area contributed by atoms with E-state index in [0.717, 1.165) is 5.39 Å². The second-order valence-corrected chi connectivity index (χ2v) is 8.42. The van der Waals surface area contributed by atoms with Gasteiger partial charge in [0.1, 0.15) is 0 Å². The van der Waals surface area contributed by atoms with E-state index in [1.54, 1.807) is 19.3 Å². The summed E-state index contributed by atoms with van der Waals surface area (Å²) in [5, 5.41) is 3.73. The number of fused-ring (bicyclic) bond motifs is 1. The van der Waals surface area contributed by atoms with E-state index in [0.29, 0.717) is 50.3 Å². The van der Waals surface area contributed by atoms with Gasteiger partial charge in [0.25, 0.3) is 5.91 Å². The van der Waals surface area contributed by atoms with Crippen molar-refractivity contribution in [2.24, 2.45) is 0 Å². The van der Waals surface area contributed by atoms with Gasteiger partial charge < -0.3 is 5.32 Å². The van der Waals surface area contributed by atoms with Crippen molar-refractivity contribution in [2.45, 2.75) is 6.92 Å². The zero-order valence-corrected chi connectivity index (χ0v) is 15.6. The minimum Gasteiger partial charge on any atom is -0.351 e. The standard InChI is InChI=1S/C17H23N5O3S/c1-2-26(24,25)22-10-8-21(9-11-22)7-6-20-17(23)15-13-18-12-14-4-3-5-19-16(14)15/h3-5,12-13H,2,6-11H2,1H3,(H,20,23). The van der Waals surface area contributed by atoms with Gasteiger partial charge in [-0.25, -0.2) is 8.42 Å². The molecule has 1 aliphatic heterocycles. The quantitative estimate of drug-likeness (QED) is 0.779. The Morgan fingerprint density at radius 1 is 1.23 bits per heavy atom. The van der Waals surface area contributed by atoms with E-state index < -0.39 is 10.0 Å². The number of rotatable bonds is 6. The molecular formula is C17H23N5O3S. The Bertz CT molecular complexity index is 874. The molecule has 3 heterocycles. The van der Waals surface area contributed by atoms with E-state index >= 15 is 0 Å². The highest BCUT2D eigenvalue weighted by Crippen LogP contribution is 2.14. The smallest absolute Gasteiger partial charge is 0.255 e. The summed E-state index contributed by atoms with van der Waals surface area (Å²) in [7, 11) is -3.11. The van der Waals surface area contributed by atoms with Gasteiger partial charge in [-0.15, -0.1) is 0 Å². The lowest BCUT2D eigenvalue weighted by Crippen LogP contribution is -2.50. The third-order valence-electron chi connectivity index (χ3n) is 4.56. The van der Waals surface area contributed by atoms with E-state index in [4.69, 9.17) is 0 Å². The largest absolute Gasteiger partial charge is 0.351 e. The summed E-state index contributed by atoms with van der Waals surface area (Å²) >= 11 is 0. The Hall–Kier alpha value is -2.10. The number of sulfonamides is 1. The average Bonchev–Trinajstić information content (AvgIpc) is 2.68. The number of aromatic nitrogens is 2. The highest BCUT2D eigenvalue weighted by molar-refractivity contribution is 7.89. The summed E-state index contributed by atoms with van der Waals surface area (Å²) in [5.41, 5.74) is 1.10. The van der Waals surface area contributed by atoms with Crippen LogP contribution in [-0.2, 0) is 10.0 Å². The third-order valence-corrected chi connectivity index (χ3v) is 6.44. The van der Waals surface area contributed by atoms with Gasteiger partial charge in [0.15, 0.2) is 0 Å². The fraction of sp³-hybridized carbons (Fsp3) is 0.471. The van der Waals surface area contributed by atoms with Crippen molar-refractivity contribution < 1.29 is 13.2 Å². The Morgan fingerprint density at radius 3 is 2.73 bits per heavy atom. The topological polar surface area (TPSA) is 95.5 Å². The molecule has 0 saturated carbocycles. The lowest BCUT2D eigenvalue weighted by atomic mass is 10.2. The van der Waals surface area contributed by atoms with Crippen molar-refractivity contribution in [3.8, 4) is 0 Å². The van der Waals surface area contributed by atoms with Crippen LogP contribution >= 0.6 is 0 Å². The maximum Gasteiger partial charge on any atom is 0.255 e. The van der Waals surface area contributed by atoms with Crippen LogP contribution in [0, 0.1) is 0 Å². The van der Waals surface area contributed by atoms with Crippen molar-refractivity contribution in [3.63, 3.8) is 0 Å². The minimum absolute atomic E-state index is 0.135. The number of carbonyl (C=O) groups is 1.